The molecule has 0 unspecified atom stereocenters. The lowest BCUT2D eigenvalue weighted by atomic mass is 10.2. The Labute approximate surface area is 118 Å². The minimum atomic E-state index is 0.830. The Morgan fingerprint density at radius 2 is 1.85 bits per heavy atom. The number of pyridine rings is 3. The second kappa shape index (κ2) is 5.65. The number of aromatic nitrogens is 3. The van der Waals surface area contributed by atoms with Gasteiger partial charge in [-0.15, -0.1) is 0 Å². The summed E-state index contributed by atoms with van der Waals surface area (Å²) in [6, 6.07) is 8.05. The molecule has 0 aliphatic heterocycles. The van der Waals surface area contributed by atoms with E-state index in [1.54, 1.807) is 0 Å². The van der Waals surface area contributed by atoms with Gasteiger partial charge >= 0.3 is 0 Å². The zero-order valence-corrected chi connectivity index (χ0v) is 11.4. The molecule has 0 bridgehead atoms. The Bertz CT molecular complexity index is 692. The summed E-state index contributed by atoms with van der Waals surface area (Å²) in [6.07, 6.45) is 9.21. The lowest BCUT2D eigenvalue weighted by Crippen LogP contribution is -2.22. The van der Waals surface area contributed by atoms with Crippen molar-refractivity contribution >= 4 is 16.6 Å². The first kappa shape index (κ1) is 12.5. The normalized spacial score (nSPS) is 10.7. The van der Waals surface area contributed by atoms with Crippen LogP contribution in [0.4, 0.5) is 5.69 Å². The highest BCUT2D eigenvalue weighted by molar-refractivity contribution is 5.89. The van der Waals surface area contributed by atoms with Crippen LogP contribution in [0, 0.1) is 0 Å². The Hall–Kier alpha value is -2.49. The van der Waals surface area contributed by atoms with Crippen LogP contribution in [0.2, 0.25) is 0 Å². The molecule has 0 saturated heterocycles. The van der Waals surface area contributed by atoms with Crippen molar-refractivity contribution in [3.8, 4) is 0 Å². The SMILES string of the molecule is CCN(Cc1ccncc1)c1cncc2cccnc12. The zero-order valence-electron chi connectivity index (χ0n) is 11.4. The maximum Gasteiger partial charge on any atom is 0.0966 e. The fourth-order valence-electron chi connectivity index (χ4n) is 2.29. The summed E-state index contributed by atoms with van der Waals surface area (Å²) >= 11 is 0. The molecule has 0 N–H and O–H groups in total. The molecular weight excluding hydrogens is 248 g/mol. The third-order valence-electron chi connectivity index (χ3n) is 3.34. The van der Waals surface area contributed by atoms with Crippen LogP contribution >= 0.6 is 0 Å². The minimum absolute atomic E-state index is 0.830. The highest BCUT2D eigenvalue weighted by Crippen LogP contribution is 2.24. The summed E-state index contributed by atoms with van der Waals surface area (Å²) < 4.78 is 0. The molecular formula is C16H16N4. The van der Waals surface area contributed by atoms with Crippen molar-refractivity contribution in [2.75, 3.05) is 11.4 Å². The first-order valence-electron chi connectivity index (χ1n) is 6.71. The van der Waals surface area contributed by atoms with Gasteiger partial charge < -0.3 is 4.90 Å². The molecule has 4 heteroatoms. The van der Waals surface area contributed by atoms with Crippen LogP contribution in [0.3, 0.4) is 0 Å². The van der Waals surface area contributed by atoms with Gasteiger partial charge in [-0.25, -0.2) is 0 Å². The molecule has 0 radical (unpaired) electrons. The van der Waals surface area contributed by atoms with Crippen LogP contribution < -0.4 is 4.90 Å². The molecule has 0 fully saturated rings. The van der Waals surface area contributed by atoms with E-state index in [-0.39, 0.29) is 0 Å². The number of anilines is 1. The lowest BCUT2D eigenvalue weighted by Gasteiger charge is -2.23. The number of nitrogens with zero attached hydrogens (tertiary/aromatic N) is 4. The lowest BCUT2D eigenvalue weighted by molar-refractivity contribution is 0.830. The van der Waals surface area contributed by atoms with Crippen LogP contribution in [-0.4, -0.2) is 21.5 Å². The minimum Gasteiger partial charge on any atom is -0.364 e. The maximum absolute atomic E-state index is 4.50. The first-order chi connectivity index (χ1) is 9.88. The molecule has 3 rings (SSSR count). The summed E-state index contributed by atoms with van der Waals surface area (Å²) in [6.45, 7) is 3.87. The third-order valence-corrected chi connectivity index (χ3v) is 3.34. The van der Waals surface area contributed by atoms with Gasteiger partial charge in [-0.1, -0.05) is 0 Å². The van der Waals surface area contributed by atoms with Gasteiger partial charge in [-0.3, -0.25) is 15.0 Å². The molecule has 0 spiro atoms. The number of fused-ring (bicyclic) bond motifs is 1. The van der Waals surface area contributed by atoms with Gasteiger partial charge in [0.15, 0.2) is 0 Å². The largest absolute Gasteiger partial charge is 0.364 e. The van der Waals surface area contributed by atoms with Gasteiger partial charge in [0.25, 0.3) is 0 Å². The van der Waals surface area contributed by atoms with Crippen molar-refractivity contribution in [3.05, 3.63) is 60.8 Å². The average molecular weight is 264 g/mol. The van der Waals surface area contributed by atoms with Gasteiger partial charge in [-0.2, -0.15) is 0 Å². The van der Waals surface area contributed by atoms with Gasteiger partial charge in [0.1, 0.15) is 0 Å². The predicted octanol–water partition coefficient (Wildman–Crippen LogP) is 3.05. The third kappa shape index (κ3) is 2.45. The van der Waals surface area contributed by atoms with Crippen LogP contribution in [0.1, 0.15) is 12.5 Å². The van der Waals surface area contributed by atoms with E-state index in [2.05, 4.69) is 26.8 Å². The van der Waals surface area contributed by atoms with Crippen molar-refractivity contribution in [1.29, 1.82) is 0 Å². The van der Waals surface area contributed by atoms with Crippen LogP contribution in [0.5, 0.6) is 0 Å². The summed E-state index contributed by atoms with van der Waals surface area (Å²) in [5, 5.41) is 1.07. The van der Waals surface area contributed by atoms with Crippen LogP contribution in [0.15, 0.2) is 55.2 Å². The highest BCUT2D eigenvalue weighted by Gasteiger charge is 2.10. The van der Waals surface area contributed by atoms with Crippen molar-refractivity contribution in [1.82, 2.24) is 15.0 Å². The van der Waals surface area contributed by atoms with E-state index in [0.717, 1.165) is 29.7 Å². The fourth-order valence-corrected chi connectivity index (χ4v) is 2.29. The molecule has 0 aliphatic rings. The van der Waals surface area contributed by atoms with Crippen molar-refractivity contribution < 1.29 is 0 Å². The Morgan fingerprint density at radius 3 is 2.65 bits per heavy atom. The van der Waals surface area contributed by atoms with Crippen molar-refractivity contribution in [2.45, 2.75) is 13.5 Å². The van der Waals surface area contributed by atoms with Crippen molar-refractivity contribution in [3.63, 3.8) is 0 Å². The van der Waals surface area contributed by atoms with Gasteiger partial charge in [0.05, 0.1) is 17.4 Å². The van der Waals surface area contributed by atoms with Crippen LogP contribution in [0.25, 0.3) is 10.9 Å². The summed E-state index contributed by atoms with van der Waals surface area (Å²) in [5.41, 5.74) is 3.30. The smallest absolute Gasteiger partial charge is 0.0966 e. The second-order valence-corrected chi connectivity index (χ2v) is 4.60. The standard InChI is InChI=1S/C16H16N4/c1-2-20(12-13-5-8-17-9-6-13)15-11-18-10-14-4-3-7-19-16(14)15/h3-11H,2,12H2,1H3. The Morgan fingerprint density at radius 1 is 1.00 bits per heavy atom. The second-order valence-electron chi connectivity index (χ2n) is 4.60. The van der Waals surface area contributed by atoms with Gasteiger partial charge in [-0.05, 0) is 36.8 Å². The van der Waals surface area contributed by atoms with E-state index < -0.39 is 0 Å². The molecule has 0 aliphatic carbocycles. The average Bonchev–Trinajstić information content (AvgIpc) is 2.53. The predicted molar refractivity (Wildman–Crippen MR) is 80.5 cm³/mol. The van der Waals surface area contributed by atoms with E-state index in [9.17, 15) is 0 Å². The Balaban J connectivity index is 1.99. The Kier molecular flexibility index (Phi) is 3.54. The molecule has 20 heavy (non-hydrogen) atoms. The number of rotatable bonds is 4. The summed E-state index contributed by atoms with van der Waals surface area (Å²) in [5.74, 6) is 0. The molecule has 0 amide bonds. The van der Waals surface area contributed by atoms with Gasteiger partial charge in [0, 0.05) is 43.3 Å². The molecule has 0 atom stereocenters. The summed E-state index contributed by atoms with van der Waals surface area (Å²) in [7, 11) is 0. The number of hydrogen-bond donors (Lipinski definition) is 0. The quantitative estimate of drug-likeness (QED) is 0.726. The van der Waals surface area contributed by atoms with Gasteiger partial charge in [0.2, 0.25) is 0 Å². The molecule has 0 aromatic carbocycles. The first-order valence-corrected chi connectivity index (χ1v) is 6.71. The molecule has 3 aromatic rings. The van der Waals surface area contributed by atoms with Crippen molar-refractivity contribution in [2.24, 2.45) is 0 Å². The monoisotopic (exact) mass is 264 g/mol. The number of hydrogen-bond acceptors (Lipinski definition) is 4. The molecule has 3 heterocycles. The van der Waals surface area contributed by atoms with Crippen LogP contribution in [-0.2, 0) is 6.54 Å². The van der Waals surface area contributed by atoms with E-state index in [4.69, 9.17) is 0 Å². The molecule has 3 aromatic heterocycles. The van der Waals surface area contributed by atoms with E-state index >= 15 is 0 Å². The molecule has 4 nitrogen and oxygen atoms in total. The van der Waals surface area contributed by atoms with E-state index in [1.165, 1.54) is 5.56 Å². The zero-order chi connectivity index (χ0) is 13.8. The van der Waals surface area contributed by atoms with E-state index in [0.29, 0.717) is 0 Å². The topological polar surface area (TPSA) is 41.9 Å². The summed E-state index contributed by atoms with van der Waals surface area (Å²) in [4.78, 5) is 15.2. The maximum atomic E-state index is 4.50. The molecule has 100 valence electrons. The highest BCUT2D eigenvalue weighted by atomic mass is 15.1. The fraction of sp³-hybridized carbons (Fsp3) is 0.188. The van der Waals surface area contributed by atoms with E-state index in [1.807, 2.05) is 55.2 Å². The molecule has 0 saturated carbocycles.